The van der Waals surface area contributed by atoms with Gasteiger partial charge in [0.2, 0.25) is 0 Å². The molecule has 0 aromatic rings. The Morgan fingerprint density at radius 2 is 1.83 bits per heavy atom. The van der Waals surface area contributed by atoms with E-state index in [-0.39, 0.29) is 18.1 Å². The molecule has 0 radical (unpaired) electrons. The van der Waals surface area contributed by atoms with Crippen molar-refractivity contribution >= 4 is 6.09 Å². The molecule has 24 heavy (non-hydrogen) atoms. The number of aliphatic hydroxyl groups excluding tert-OH is 1. The largest absolute Gasteiger partial charge is 0.444 e. The normalized spacial score (nSPS) is 19.2. The van der Waals surface area contributed by atoms with Crippen molar-refractivity contribution in [2.24, 2.45) is 5.41 Å². The summed E-state index contributed by atoms with van der Waals surface area (Å²) >= 11 is 0. The Kier molecular flexibility index (Phi) is 7.74. The lowest BCUT2D eigenvalue weighted by Gasteiger charge is -2.41. The van der Waals surface area contributed by atoms with Gasteiger partial charge in [-0.05, 0) is 53.9 Å². The molecular formula is C20H33NO3. The number of hydrogen-bond acceptors (Lipinski definition) is 3. The van der Waals surface area contributed by atoms with Crippen LogP contribution in [0.15, 0.2) is 36.0 Å². The van der Waals surface area contributed by atoms with Crippen LogP contribution in [0.4, 0.5) is 4.79 Å². The van der Waals surface area contributed by atoms with Crippen molar-refractivity contribution in [1.29, 1.82) is 0 Å². The molecule has 1 heterocycles. The van der Waals surface area contributed by atoms with E-state index < -0.39 is 5.60 Å². The number of carbonyl (C=O) groups excluding carboxylic acids is 1. The number of piperidine rings is 1. The van der Waals surface area contributed by atoms with Crippen LogP contribution < -0.4 is 0 Å². The minimum atomic E-state index is -0.474. The number of allylic oxidation sites excluding steroid dienone is 6. The van der Waals surface area contributed by atoms with E-state index in [9.17, 15) is 9.90 Å². The summed E-state index contributed by atoms with van der Waals surface area (Å²) in [5, 5.41) is 9.97. The number of aliphatic hydroxyl groups is 1. The van der Waals surface area contributed by atoms with Gasteiger partial charge in [0.25, 0.3) is 0 Å². The smallest absolute Gasteiger partial charge is 0.410 e. The minimum Gasteiger partial charge on any atom is -0.444 e. The van der Waals surface area contributed by atoms with Gasteiger partial charge in [0.15, 0.2) is 0 Å². The number of amides is 1. The second kappa shape index (κ2) is 9.07. The lowest BCUT2D eigenvalue weighted by molar-refractivity contribution is 0.00000216. The summed E-state index contributed by atoms with van der Waals surface area (Å²) < 4.78 is 5.44. The van der Waals surface area contributed by atoms with Crippen molar-refractivity contribution in [2.45, 2.75) is 59.5 Å². The van der Waals surface area contributed by atoms with E-state index in [0.717, 1.165) is 19.3 Å². The second-order valence-corrected chi connectivity index (χ2v) is 7.55. The van der Waals surface area contributed by atoms with Gasteiger partial charge in [-0.15, -0.1) is 0 Å². The molecule has 4 nitrogen and oxygen atoms in total. The van der Waals surface area contributed by atoms with Gasteiger partial charge in [-0.1, -0.05) is 36.0 Å². The summed E-state index contributed by atoms with van der Waals surface area (Å²) in [6, 6.07) is 0. The van der Waals surface area contributed by atoms with E-state index in [1.807, 2.05) is 52.8 Å². The zero-order valence-corrected chi connectivity index (χ0v) is 15.8. The average Bonchev–Trinajstić information content (AvgIpc) is 2.53. The third-order valence-corrected chi connectivity index (χ3v) is 4.37. The van der Waals surface area contributed by atoms with Crippen molar-refractivity contribution in [2.75, 3.05) is 19.7 Å². The third kappa shape index (κ3) is 6.52. The molecule has 1 amide bonds. The molecule has 0 saturated carbocycles. The predicted octanol–water partition coefficient (Wildman–Crippen LogP) is 4.46. The van der Waals surface area contributed by atoms with Gasteiger partial charge in [0.1, 0.15) is 5.60 Å². The van der Waals surface area contributed by atoms with Crippen molar-refractivity contribution in [3.05, 3.63) is 36.0 Å². The molecule has 0 atom stereocenters. The van der Waals surface area contributed by atoms with Crippen LogP contribution in [0.1, 0.15) is 53.9 Å². The summed E-state index contributed by atoms with van der Waals surface area (Å²) in [7, 11) is 0. The molecule has 1 N–H and O–H groups in total. The maximum Gasteiger partial charge on any atom is 0.410 e. The van der Waals surface area contributed by atoms with Gasteiger partial charge in [-0.25, -0.2) is 4.79 Å². The van der Waals surface area contributed by atoms with Crippen molar-refractivity contribution in [1.82, 2.24) is 4.90 Å². The molecule has 0 aliphatic carbocycles. The summed E-state index contributed by atoms with van der Waals surface area (Å²) in [5.74, 6) is 0. The van der Waals surface area contributed by atoms with Gasteiger partial charge in [-0.3, -0.25) is 0 Å². The topological polar surface area (TPSA) is 49.8 Å². The summed E-state index contributed by atoms with van der Waals surface area (Å²) in [6.45, 7) is 11.0. The van der Waals surface area contributed by atoms with Crippen LogP contribution in [0.5, 0.6) is 0 Å². The SMILES string of the molecule is C\C=C/C=C\C(=C/C)CC1(CO)CCN(C(=O)OC(C)(C)C)CC1. The highest BCUT2D eigenvalue weighted by Crippen LogP contribution is 2.37. The Bertz CT molecular complexity index is 490. The van der Waals surface area contributed by atoms with Crippen LogP contribution >= 0.6 is 0 Å². The molecule has 136 valence electrons. The molecule has 0 aromatic carbocycles. The Hall–Kier alpha value is -1.55. The molecule has 0 bridgehead atoms. The molecule has 1 fully saturated rings. The van der Waals surface area contributed by atoms with E-state index >= 15 is 0 Å². The van der Waals surface area contributed by atoms with Crippen LogP contribution in [0, 0.1) is 5.41 Å². The first-order valence-corrected chi connectivity index (χ1v) is 8.78. The number of hydrogen-bond donors (Lipinski definition) is 1. The first-order chi connectivity index (χ1) is 11.2. The van der Waals surface area contributed by atoms with Crippen molar-refractivity contribution < 1.29 is 14.6 Å². The van der Waals surface area contributed by atoms with Crippen molar-refractivity contribution in [3.8, 4) is 0 Å². The van der Waals surface area contributed by atoms with Crippen LogP contribution in [0.25, 0.3) is 0 Å². The highest BCUT2D eigenvalue weighted by Gasteiger charge is 2.36. The predicted molar refractivity (Wildman–Crippen MR) is 98.9 cm³/mol. The van der Waals surface area contributed by atoms with Crippen LogP contribution in [0.3, 0.4) is 0 Å². The van der Waals surface area contributed by atoms with E-state index in [1.165, 1.54) is 5.57 Å². The van der Waals surface area contributed by atoms with Gasteiger partial charge in [0.05, 0.1) is 0 Å². The minimum absolute atomic E-state index is 0.143. The fourth-order valence-electron chi connectivity index (χ4n) is 2.86. The summed E-state index contributed by atoms with van der Waals surface area (Å²) in [6.07, 6.45) is 12.4. The summed E-state index contributed by atoms with van der Waals surface area (Å²) in [5.41, 5.74) is 0.590. The summed E-state index contributed by atoms with van der Waals surface area (Å²) in [4.78, 5) is 13.9. The fraction of sp³-hybridized carbons (Fsp3) is 0.650. The van der Waals surface area contributed by atoms with Crippen LogP contribution in [-0.4, -0.2) is 41.4 Å². The Balaban J connectivity index is 2.67. The van der Waals surface area contributed by atoms with E-state index in [4.69, 9.17) is 4.74 Å². The molecule has 0 spiro atoms. The van der Waals surface area contributed by atoms with E-state index in [0.29, 0.717) is 13.1 Å². The highest BCUT2D eigenvalue weighted by molar-refractivity contribution is 5.68. The standard InChI is InChI=1S/C20H33NO3/c1-6-8-9-10-17(7-2)15-20(16-22)11-13-21(14-12-20)18(23)24-19(3,4)5/h6-10,22H,11-16H2,1-5H3/b8-6-,10-9-,17-7+. The first kappa shape index (κ1) is 20.5. The lowest BCUT2D eigenvalue weighted by atomic mass is 9.74. The Labute approximate surface area is 146 Å². The molecule has 0 aromatic heterocycles. The number of carbonyl (C=O) groups is 1. The molecular weight excluding hydrogens is 302 g/mol. The van der Waals surface area contributed by atoms with Crippen molar-refractivity contribution in [3.63, 3.8) is 0 Å². The molecule has 1 aliphatic heterocycles. The quantitative estimate of drug-likeness (QED) is 0.754. The molecule has 1 rings (SSSR count). The van der Waals surface area contributed by atoms with Crippen LogP contribution in [0.2, 0.25) is 0 Å². The van der Waals surface area contributed by atoms with Gasteiger partial charge >= 0.3 is 6.09 Å². The maximum absolute atomic E-state index is 12.2. The molecule has 4 heteroatoms. The highest BCUT2D eigenvalue weighted by atomic mass is 16.6. The second-order valence-electron chi connectivity index (χ2n) is 7.55. The average molecular weight is 335 g/mol. The number of ether oxygens (including phenoxy) is 1. The molecule has 1 saturated heterocycles. The molecule has 0 unspecified atom stereocenters. The maximum atomic E-state index is 12.2. The number of likely N-dealkylation sites (tertiary alicyclic amines) is 1. The Morgan fingerprint density at radius 3 is 2.29 bits per heavy atom. The first-order valence-electron chi connectivity index (χ1n) is 8.78. The monoisotopic (exact) mass is 335 g/mol. The lowest BCUT2D eigenvalue weighted by Crippen LogP contribution is -2.46. The third-order valence-electron chi connectivity index (χ3n) is 4.37. The van der Waals surface area contributed by atoms with Gasteiger partial charge < -0.3 is 14.7 Å². The van der Waals surface area contributed by atoms with Gasteiger partial charge in [-0.2, -0.15) is 0 Å². The number of rotatable bonds is 5. The van der Waals surface area contributed by atoms with Crippen LogP contribution in [-0.2, 0) is 4.74 Å². The Morgan fingerprint density at radius 1 is 1.21 bits per heavy atom. The zero-order chi connectivity index (χ0) is 18.2. The zero-order valence-electron chi connectivity index (χ0n) is 15.8. The van der Waals surface area contributed by atoms with E-state index in [1.54, 1.807) is 4.90 Å². The fourth-order valence-corrected chi connectivity index (χ4v) is 2.86. The number of nitrogens with zero attached hydrogens (tertiary/aromatic N) is 1. The van der Waals surface area contributed by atoms with Gasteiger partial charge in [0, 0.05) is 25.1 Å². The van der Waals surface area contributed by atoms with E-state index in [2.05, 4.69) is 12.2 Å². The molecule has 1 aliphatic rings.